The minimum atomic E-state index is -4.32. The minimum Gasteiger partial charge on any atom is -0.497 e. The van der Waals surface area contributed by atoms with Gasteiger partial charge >= 0.3 is 12.1 Å². The molecule has 222 valence electrons. The number of aromatic nitrogens is 1. The lowest BCUT2D eigenvalue weighted by Crippen LogP contribution is -2.41. The zero-order chi connectivity index (χ0) is 29.4. The van der Waals surface area contributed by atoms with Crippen molar-refractivity contribution in [2.45, 2.75) is 63.6 Å². The molecule has 1 aromatic heterocycles. The third-order valence-electron chi connectivity index (χ3n) is 8.33. The third-order valence-corrected chi connectivity index (χ3v) is 8.33. The summed E-state index contributed by atoms with van der Waals surface area (Å²) < 4.78 is 43.7. The van der Waals surface area contributed by atoms with E-state index in [0.29, 0.717) is 24.5 Å². The molecule has 0 saturated carbocycles. The van der Waals surface area contributed by atoms with Crippen LogP contribution in [-0.2, 0) is 17.4 Å². The zero-order valence-electron chi connectivity index (χ0n) is 23.4. The molecule has 0 aliphatic carbocycles. The number of likely N-dealkylation sites (tertiary alicyclic amines) is 1. The van der Waals surface area contributed by atoms with Gasteiger partial charge in [-0.3, -0.25) is 9.78 Å². The van der Waals surface area contributed by atoms with Gasteiger partial charge in [-0.05, 0) is 117 Å². The molecule has 0 spiro atoms. The minimum absolute atomic E-state index is 0.125. The van der Waals surface area contributed by atoms with Crippen LogP contribution in [0.5, 0.6) is 5.75 Å². The molecule has 9 heteroatoms. The fourth-order valence-corrected chi connectivity index (χ4v) is 5.99. The van der Waals surface area contributed by atoms with Crippen LogP contribution in [-0.4, -0.2) is 52.8 Å². The van der Waals surface area contributed by atoms with E-state index in [2.05, 4.69) is 9.88 Å². The van der Waals surface area contributed by atoms with Crippen molar-refractivity contribution in [2.75, 3.05) is 26.7 Å². The summed E-state index contributed by atoms with van der Waals surface area (Å²) in [5.41, 5.74) is 1.89. The number of pyridine rings is 1. The van der Waals surface area contributed by atoms with Gasteiger partial charge in [0.25, 0.3) is 0 Å². The Bertz CT molecular complexity index is 1280. The van der Waals surface area contributed by atoms with Crippen molar-refractivity contribution in [3.05, 3.63) is 71.4 Å². The number of piperidine rings is 1. The molecule has 3 atom stereocenters. The summed E-state index contributed by atoms with van der Waals surface area (Å²) >= 11 is 0. The number of rotatable bonds is 13. The van der Waals surface area contributed by atoms with Crippen LogP contribution >= 0.6 is 0 Å². The number of aryl methyl sites for hydroxylation is 1. The van der Waals surface area contributed by atoms with Crippen LogP contribution in [0, 0.1) is 11.8 Å². The number of carbonyl (C=O) groups is 1. The molecule has 2 aromatic carbocycles. The predicted octanol–water partition coefficient (Wildman–Crippen LogP) is 6.90. The number of carboxylic acid groups (broad SMARTS) is 1. The molecule has 0 bridgehead atoms. The van der Waals surface area contributed by atoms with E-state index in [9.17, 15) is 28.2 Å². The van der Waals surface area contributed by atoms with Gasteiger partial charge in [0.15, 0.2) is 0 Å². The van der Waals surface area contributed by atoms with E-state index in [1.165, 1.54) is 0 Å². The summed E-state index contributed by atoms with van der Waals surface area (Å²) in [7, 11) is 1.61. The van der Waals surface area contributed by atoms with Crippen molar-refractivity contribution in [3.63, 3.8) is 0 Å². The molecular formula is C32H39F3N2O4. The molecule has 1 saturated heterocycles. The number of benzene rings is 2. The maximum Gasteiger partial charge on any atom is 0.416 e. The predicted molar refractivity (Wildman–Crippen MR) is 152 cm³/mol. The summed E-state index contributed by atoms with van der Waals surface area (Å²) in [6, 6.07) is 12.9. The third kappa shape index (κ3) is 8.66. The first-order valence-electron chi connectivity index (χ1n) is 14.3. The van der Waals surface area contributed by atoms with Gasteiger partial charge in [-0.2, -0.15) is 13.2 Å². The molecule has 1 aliphatic rings. The van der Waals surface area contributed by atoms with Crippen molar-refractivity contribution in [3.8, 4) is 5.75 Å². The van der Waals surface area contributed by atoms with E-state index in [1.54, 1.807) is 25.4 Å². The van der Waals surface area contributed by atoms with Gasteiger partial charge in [-0.25, -0.2) is 0 Å². The number of unbranched alkanes of at least 4 members (excludes halogenated alkanes) is 1. The van der Waals surface area contributed by atoms with Gasteiger partial charge in [0.2, 0.25) is 0 Å². The van der Waals surface area contributed by atoms with Crippen molar-refractivity contribution >= 4 is 16.9 Å². The number of fused-ring (bicyclic) bond motifs is 1. The second-order valence-electron chi connectivity index (χ2n) is 11.1. The highest BCUT2D eigenvalue weighted by Gasteiger charge is 2.31. The Balaban J connectivity index is 1.29. The highest BCUT2D eigenvalue weighted by atomic mass is 19.4. The van der Waals surface area contributed by atoms with Crippen molar-refractivity contribution in [2.24, 2.45) is 11.8 Å². The Morgan fingerprint density at radius 1 is 1.10 bits per heavy atom. The standard InChI is InChI=1S/C32H39F3N2O4/c1-41-26-11-12-29-28(20-26)27(15-17-36-29)30(38)13-7-23-16-19-37(21-24(23)8-14-31(39)40)18-3-2-4-22-5-9-25(10-6-22)32(33,34)35/h5-6,9-12,15,17,20,23-24,30,38H,2-4,7-8,13-14,16,18-19,21H2,1H3,(H,39,40)/t23-,24-,30-/m1/s1. The fourth-order valence-electron chi connectivity index (χ4n) is 5.99. The van der Waals surface area contributed by atoms with Gasteiger partial charge in [0, 0.05) is 24.5 Å². The van der Waals surface area contributed by atoms with Crippen LogP contribution in [0.1, 0.15) is 67.7 Å². The number of aliphatic hydroxyl groups excluding tert-OH is 1. The number of halogens is 3. The van der Waals surface area contributed by atoms with Crippen LogP contribution in [0.3, 0.4) is 0 Å². The van der Waals surface area contributed by atoms with Crippen LogP contribution < -0.4 is 4.74 Å². The SMILES string of the molecule is COc1ccc2nccc([C@H](O)CC[C@@H]3CCN(CCCCc4ccc(C(F)(F)F)cc4)C[C@H]3CCC(=O)O)c2c1. The molecule has 2 heterocycles. The molecule has 1 fully saturated rings. The monoisotopic (exact) mass is 572 g/mol. The number of methoxy groups -OCH3 is 1. The summed E-state index contributed by atoms with van der Waals surface area (Å²) in [5, 5.41) is 21.3. The van der Waals surface area contributed by atoms with E-state index >= 15 is 0 Å². The van der Waals surface area contributed by atoms with Gasteiger partial charge in [0.1, 0.15) is 5.75 Å². The first-order chi connectivity index (χ1) is 19.6. The number of aliphatic carboxylic acids is 1. The molecule has 41 heavy (non-hydrogen) atoms. The normalized spacial score (nSPS) is 18.9. The number of alkyl halides is 3. The number of aliphatic hydroxyl groups is 1. The Kier molecular flexibility index (Phi) is 10.6. The van der Waals surface area contributed by atoms with Crippen molar-refractivity contribution < 1.29 is 32.9 Å². The van der Waals surface area contributed by atoms with Crippen LogP contribution in [0.25, 0.3) is 10.9 Å². The highest BCUT2D eigenvalue weighted by molar-refractivity contribution is 5.83. The van der Waals surface area contributed by atoms with Gasteiger partial charge in [0.05, 0.1) is 24.3 Å². The molecule has 1 aliphatic heterocycles. The number of nitrogens with zero attached hydrogens (tertiary/aromatic N) is 2. The van der Waals surface area contributed by atoms with E-state index in [1.807, 2.05) is 24.3 Å². The average Bonchev–Trinajstić information content (AvgIpc) is 2.96. The quantitative estimate of drug-likeness (QED) is 0.217. The number of hydrogen-bond acceptors (Lipinski definition) is 5. The summed E-state index contributed by atoms with van der Waals surface area (Å²) in [6.07, 6.45) is 2.32. The Hall–Kier alpha value is -3.17. The van der Waals surface area contributed by atoms with E-state index in [-0.39, 0.29) is 12.3 Å². The van der Waals surface area contributed by atoms with Gasteiger partial charge in [-0.1, -0.05) is 12.1 Å². The second-order valence-corrected chi connectivity index (χ2v) is 11.1. The largest absolute Gasteiger partial charge is 0.497 e. The molecule has 0 amide bonds. The molecule has 2 N–H and O–H groups in total. The maximum absolute atomic E-state index is 12.8. The topological polar surface area (TPSA) is 82.9 Å². The summed E-state index contributed by atoms with van der Waals surface area (Å²) in [4.78, 5) is 18.1. The van der Waals surface area contributed by atoms with Gasteiger partial charge < -0.3 is 19.8 Å². The molecule has 6 nitrogen and oxygen atoms in total. The molecule has 0 radical (unpaired) electrons. The number of hydrogen-bond donors (Lipinski definition) is 2. The smallest absolute Gasteiger partial charge is 0.416 e. The number of ether oxygens (including phenoxy) is 1. The highest BCUT2D eigenvalue weighted by Crippen LogP contribution is 2.35. The van der Waals surface area contributed by atoms with E-state index < -0.39 is 23.8 Å². The Morgan fingerprint density at radius 3 is 2.59 bits per heavy atom. The van der Waals surface area contributed by atoms with Crippen LogP contribution in [0.2, 0.25) is 0 Å². The van der Waals surface area contributed by atoms with Crippen LogP contribution in [0.15, 0.2) is 54.7 Å². The second kappa shape index (κ2) is 14.1. The maximum atomic E-state index is 12.8. The van der Waals surface area contributed by atoms with Gasteiger partial charge in [-0.15, -0.1) is 0 Å². The lowest BCUT2D eigenvalue weighted by molar-refractivity contribution is -0.138. The molecule has 0 unspecified atom stereocenters. The van der Waals surface area contributed by atoms with E-state index in [0.717, 1.165) is 85.9 Å². The summed E-state index contributed by atoms with van der Waals surface area (Å²) in [6.45, 7) is 2.62. The zero-order valence-corrected chi connectivity index (χ0v) is 23.4. The molecule has 4 rings (SSSR count). The van der Waals surface area contributed by atoms with Crippen LogP contribution in [0.4, 0.5) is 13.2 Å². The lowest BCUT2D eigenvalue weighted by Gasteiger charge is -2.39. The van der Waals surface area contributed by atoms with E-state index in [4.69, 9.17) is 4.74 Å². The molecule has 3 aromatic rings. The first kappa shape index (κ1) is 30.8. The molecular weight excluding hydrogens is 533 g/mol. The van der Waals surface area contributed by atoms with Crippen molar-refractivity contribution in [1.29, 1.82) is 0 Å². The Labute approximate surface area is 239 Å². The number of carboxylic acids is 1. The average molecular weight is 573 g/mol. The summed E-state index contributed by atoms with van der Waals surface area (Å²) in [5.74, 6) is 0.473. The first-order valence-corrected chi connectivity index (χ1v) is 14.3. The lowest BCUT2D eigenvalue weighted by atomic mass is 9.79. The van der Waals surface area contributed by atoms with Crippen molar-refractivity contribution in [1.82, 2.24) is 9.88 Å². The fraction of sp³-hybridized carbons (Fsp3) is 0.500. The Morgan fingerprint density at radius 2 is 1.88 bits per heavy atom.